The molecule has 200 valence electrons. The van der Waals surface area contributed by atoms with Crippen molar-refractivity contribution in [1.29, 1.82) is 5.26 Å². The van der Waals surface area contributed by atoms with Crippen LogP contribution in [0.15, 0.2) is 41.4 Å². The molecular formula is C26H30F3IN4O3. The van der Waals surface area contributed by atoms with Crippen molar-refractivity contribution < 1.29 is 27.4 Å². The number of benzene rings is 2. The first-order chi connectivity index (χ1) is 17.2. The number of nitriles is 1. The number of alkyl halides is 3. The highest BCUT2D eigenvalue weighted by molar-refractivity contribution is 14.1. The first-order valence-electron chi connectivity index (χ1n) is 11.6. The van der Waals surface area contributed by atoms with Gasteiger partial charge in [-0.15, -0.1) is 13.2 Å². The molecule has 0 bridgehead atoms. The van der Waals surface area contributed by atoms with Crippen LogP contribution < -0.4 is 15.4 Å². The Morgan fingerprint density at radius 1 is 1.19 bits per heavy atom. The van der Waals surface area contributed by atoms with Gasteiger partial charge in [0, 0.05) is 39.2 Å². The van der Waals surface area contributed by atoms with E-state index in [9.17, 15) is 23.2 Å². The molecule has 11 heteroatoms. The fourth-order valence-electron chi connectivity index (χ4n) is 3.39. The van der Waals surface area contributed by atoms with Crippen molar-refractivity contribution in [1.82, 2.24) is 0 Å². The molecule has 1 amide bonds. The van der Waals surface area contributed by atoms with Crippen LogP contribution in [-0.4, -0.2) is 30.3 Å². The number of ether oxygens (including phenoxy) is 2. The summed E-state index contributed by atoms with van der Waals surface area (Å²) in [6, 6.07) is 10.9. The van der Waals surface area contributed by atoms with Gasteiger partial charge in [0.25, 0.3) is 0 Å². The first kappa shape index (κ1) is 30.2. The molecule has 2 aromatic rings. The summed E-state index contributed by atoms with van der Waals surface area (Å²) < 4.78 is 47.8. The molecule has 0 aromatic heterocycles. The zero-order valence-corrected chi connectivity index (χ0v) is 23.5. The smallest absolute Gasteiger partial charge is 0.442 e. The quantitative estimate of drug-likeness (QED) is 0.215. The van der Waals surface area contributed by atoms with E-state index in [2.05, 4.69) is 49.0 Å². The number of anilines is 3. The molecule has 37 heavy (non-hydrogen) atoms. The summed E-state index contributed by atoms with van der Waals surface area (Å²) in [5.74, 6) is -0.418. The summed E-state index contributed by atoms with van der Waals surface area (Å²) in [5.41, 5.74) is 1.79. The molecule has 0 aliphatic carbocycles. The normalized spacial score (nSPS) is 12.9. The molecule has 2 aromatic carbocycles. The van der Waals surface area contributed by atoms with Gasteiger partial charge in [-0.3, -0.25) is 0 Å². The molecule has 0 fully saturated rings. The summed E-state index contributed by atoms with van der Waals surface area (Å²) in [7, 11) is 0. The van der Waals surface area contributed by atoms with E-state index in [0.717, 1.165) is 22.1 Å². The molecule has 0 radical (unpaired) electrons. The third kappa shape index (κ3) is 10.5. The van der Waals surface area contributed by atoms with Gasteiger partial charge in [-0.1, -0.05) is 19.4 Å². The van der Waals surface area contributed by atoms with Crippen molar-refractivity contribution in [2.75, 3.05) is 17.2 Å². The number of hydrogen-bond acceptors (Lipinski definition) is 6. The molecule has 1 atom stereocenters. The van der Waals surface area contributed by atoms with Crippen LogP contribution in [0.1, 0.15) is 53.0 Å². The lowest BCUT2D eigenvalue weighted by Crippen LogP contribution is -2.25. The van der Waals surface area contributed by atoms with Gasteiger partial charge in [-0.25, -0.2) is 4.79 Å². The van der Waals surface area contributed by atoms with Crippen LogP contribution in [0.5, 0.6) is 5.75 Å². The van der Waals surface area contributed by atoms with E-state index in [1.807, 2.05) is 6.92 Å². The number of halogens is 4. The molecule has 0 aliphatic rings. The molecule has 2 N–H and O–H groups in total. The Hall–Kier alpha value is -3.01. The maximum absolute atomic E-state index is 12.6. The average molecular weight is 630 g/mol. The second-order valence-corrected chi connectivity index (χ2v) is 10.5. The molecule has 1 unspecified atom stereocenters. The third-order valence-corrected chi connectivity index (χ3v) is 5.89. The molecule has 0 heterocycles. The van der Waals surface area contributed by atoms with E-state index in [0.29, 0.717) is 29.2 Å². The highest BCUT2D eigenvalue weighted by atomic mass is 127. The van der Waals surface area contributed by atoms with Crippen LogP contribution in [0.3, 0.4) is 0 Å². The van der Waals surface area contributed by atoms with E-state index in [1.54, 1.807) is 45.9 Å². The molecular weight excluding hydrogens is 600 g/mol. The van der Waals surface area contributed by atoms with E-state index < -0.39 is 18.1 Å². The minimum atomic E-state index is -4.81. The molecule has 2 rings (SSSR count). The van der Waals surface area contributed by atoms with Crippen LogP contribution in [-0.2, 0) is 4.74 Å². The zero-order chi connectivity index (χ0) is 27.8. The van der Waals surface area contributed by atoms with Crippen molar-refractivity contribution >= 4 is 51.5 Å². The monoisotopic (exact) mass is 630 g/mol. The number of nitrogens with one attached hydrogen (secondary N) is 2. The fourth-order valence-corrected chi connectivity index (χ4v) is 4.05. The van der Waals surface area contributed by atoms with E-state index in [4.69, 9.17) is 4.74 Å². The molecule has 7 nitrogen and oxygen atoms in total. The predicted molar refractivity (Wildman–Crippen MR) is 147 cm³/mol. The van der Waals surface area contributed by atoms with Crippen molar-refractivity contribution in [2.45, 2.75) is 59.4 Å². The predicted octanol–water partition coefficient (Wildman–Crippen LogP) is 8.03. The largest absolute Gasteiger partial charge is 0.573 e. The van der Waals surface area contributed by atoms with Gasteiger partial charge in [0.1, 0.15) is 17.4 Å². The zero-order valence-electron chi connectivity index (χ0n) is 21.3. The van der Waals surface area contributed by atoms with Crippen molar-refractivity contribution in [2.24, 2.45) is 10.9 Å². The highest BCUT2D eigenvalue weighted by Gasteiger charge is 2.31. The third-order valence-electron chi connectivity index (χ3n) is 5.00. The van der Waals surface area contributed by atoms with Gasteiger partial charge < -0.3 is 20.1 Å². The second-order valence-electron chi connectivity index (χ2n) is 9.29. The average Bonchev–Trinajstić information content (AvgIpc) is 2.75. The van der Waals surface area contributed by atoms with E-state index in [-0.39, 0.29) is 11.7 Å². The molecule has 0 saturated heterocycles. The summed E-state index contributed by atoms with van der Waals surface area (Å²) in [4.78, 5) is 16.3. The van der Waals surface area contributed by atoms with Gasteiger partial charge in [0.05, 0.1) is 11.3 Å². The van der Waals surface area contributed by atoms with Crippen molar-refractivity contribution in [3.05, 3.63) is 45.5 Å². The van der Waals surface area contributed by atoms with Crippen molar-refractivity contribution in [3.63, 3.8) is 0 Å². The summed E-state index contributed by atoms with van der Waals surface area (Å²) in [6.07, 6.45) is -3.78. The number of nitrogens with zero attached hydrogens (tertiary/aromatic N) is 2. The fraction of sp³-hybridized carbons (Fsp3) is 0.423. The lowest BCUT2D eigenvalue weighted by Gasteiger charge is -2.21. The summed E-state index contributed by atoms with van der Waals surface area (Å²) >= 11 is 2.11. The van der Waals surface area contributed by atoms with Gasteiger partial charge >= 0.3 is 12.5 Å². The summed E-state index contributed by atoms with van der Waals surface area (Å²) in [6.45, 7) is 9.63. The molecule has 0 spiro atoms. The lowest BCUT2D eigenvalue weighted by atomic mass is 9.98. The van der Waals surface area contributed by atoms with Crippen LogP contribution in [0.4, 0.5) is 35.0 Å². The van der Waals surface area contributed by atoms with Crippen LogP contribution in [0.2, 0.25) is 0 Å². The number of aliphatic imine (C=N–C) groups is 1. The minimum absolute atomic E-state index is 0.0448. The van der Waals surface area contributed by atoms with Gasteiger partial charge in [0.2, 0.25) is 0 Å². The van der Waals surface area contributed by atoms with Gasteiger partial charge in [-0.2, -0.15) is 10.3 Å². The van der Waals surface area contributed by atoms with Crippen LogP contribution in [0.25, 0.3) is 0 Å². The number of rotatable bonds is 9. The lowest BCUT2D eigenvalue weighted by molar-refractivity contribution is -0.274. The Morgan fingerprint density at radius 3 is 2.49 bits per heavy atom. The first-order valence-corrected chi connectivity index (χ1v) is 12.7. The SMILES string of the molecule is CCCC(CNc1cc(Nc2cccc(OC(F)(F)F)c2)c(C#N)cc1I)C(C)=NC(=O)OC(C)(C)C. The Morgan fingerprint density at radius 2 is 1.89 bits per heavy atom. The number of amides is 1. The Bertz CT molecular complexity index is 1170. The van der Waals surface area contributed by atoms with E-state index in [1.165, 1.54) is 18.2 Å². The van der Waals surface area contributed by atoms with Crippen LogP contribution in [0, 0.1) is 20.8 Å². The Balaban J connectivity index is 2.24. The molecule has 0 aliphatic heterocycles. The van der Waals surface area contributed by atoms with Gasteiger partial charge in [-0.05, 0) is 81.0 Å². The standard InChI is InChI=1S/C26H30F3IN4O3/c1-6-8-17(16(2)33-24(35)37-25(3,4)5)15-32-23-13-22(18(14-31)11-21(23)30)34-19-9-7-10-20(12-19)36-26(27,28)29/h7,9-13,17,32,34H,6,8,15H2,1-5H3. The van der Waals surface area contributed by atoms with Crippen molar-refractivity contribution in [3.8, 4) is 11.8 Å². The number of carbonyl (C=O) groups excluding carboxylic acids is 1. The molecule has 0 saturated carbocycles. The maximum atomic E-state index is 12.6. The highest BCUT2D eigenvalue weighted by Crippen LogP contribution is 2.31. The second kappa shape index (κ2) is 13.0. The maximum Gasteiger partial charge on any atom is 0.573 e. The van der Waals surface area contributed by atoms with Crippen LogP contribution >= 0.6 is 22.6 Å². The van der Waals surface area contributed by atoms with E-state index >= 15 is 0 Å². The topological polar surface area (TPSA) is 95.7 Å². The Labute approximate surface area is 228 Å². The van der Waals surface area contributed by atoms with Gasteiger partial charge in [0.15, 0.2) is 0 Å². The Kier molecular flexibility index (Phi) is 10.6. The number of hydrogen-bond donors (Lipinski definition) is 2. The summed E-state index contributed by atoms with van der Waals surface area (Å²) in [5, 5.41) is 16.0. The minimum Gasteiger partial charge on any atom is -0.442 e. The number of carbonyl (C=O) groups is 1.